The number of aromatic amines is 3. The molecule has 494 valence electrons. The van der Waals surface area contributed by atoms with Crippen molar-refractivity contribution in [3.05, 3.63) is 157 Å². The number of nitrogens with zero attached hydrogens (tertiary/aromatic N) is 6. The van der Waals surface area contributed by atoms with Crippen molar-refractivity contribution in [3.63, 3.8) is 0 Å². The molecule has 2 atom stereocenters. The number of alkyl halides is 2. The maximum Gasteiger partial charge on any atom is 0.274 e. The van der Waals surface area contributed by atoms with E-state index in [0.717, 1.165) is 139 Å². The number of H-pyrrole nitrogens is 3. The minimum absolute atomic E-state index is 0.00709. The lowest BCUT2D eigenvalue weighted by Gasteiger charge is -2.36. The van der Waals surface area contributed by atoms with E-state index in [2.05, 4.69) is 51.3 Å². The Labute approximate surface area is 543 Å². The third kappa shape index (κ3) is 16.3. The predicted molar refractivity (Wildman–Crippen MR) is 383 cm³/mol. The first-order valence-corrected chi connectivity index (χ1v) is 32.4. The van der Waals surface area contributed by atoms with Crippen LogP contribution in [0, 0.1) is 0 Å². The van der Waals surface area contributed by atoms with E-state index in [4.69, 9.17) is 9.47 Å². The minimum Gasteiger partial charge on any atom is -0.479 e. The number of carbonyl (C=O) groups excluding carboxylic acids is 1. The second-order valence-electron chi connectivity index (χ2n) is 23.3. The lowest BCUT2D eigenvalue weighted by Crippen LogP contribution is -2.47. The number of rotatable bonds is 10. The van der Waals surface area contributed by atoms with Gasteiger partial charge in [-0.1, -0.05) is 30.3 Å². The standard InChI is InChI=1S/C16H19F2N3O.C16H21N3O2.C14H17N3OS.C13H17N3O.C10H12N2O2/c1-19-12-4-3-11-9-14(15(22)20(2)13(11)10-12)21-7-5-16(17,18)6-8-21;1-10-8-19(9-11(2)21-10)15-6-12-4-5-13(17-3)7-14(12)18-16(15)20;1-15-11-3-2-10-8-13(14(18)16-12(10)9-11)17-4-6-19-7-5-17;1-4-16(3)12-7-9-5-6-10(14-2)8-11(9)15-13(12)17;1-11-7-4-3-5-8-10(7)14-6-9(13)12(8)2/h3-4,9-10,19H,5-8H2,1-2H3;4-7,10-11,17H,8-9H2,1-3H3,(H,18,20);2-3,8-9,15H,4-7H2,1H3,(H,16,18);5-8,14H,4H2,1-3H3,(H,15,17);3-5,11H,6H2,1-2H3. The van der Waals surface area contributed by atoms with Crippen LogP contribution in [0.5, 0.6) is 5.75 Å². The van der Waals surface area contributed by atoms with Crippen molar-refractivity contribution in [2.45, 2.75) is 51.7 Å². The van der Waals surface area contributed by atoms with Gasteiger partial charge in [0, 0.05) is 171 Å². The van der Waals surface area contributed by atoms with E-state index in [9.17, 15) is 32.8 Å². The van der Waals surface area contributed by atoms with Crippen LogP contribution in [0.3, 0.4) is 0 Å². The van der Waals surface area contributed by atoms with Crippen molar-refractivity contribution in [2.24, 2.45) is 7.05 Å². The first-order valence-electron chi connectivity index (χ1n) is 31.3. The summed E-state index contributed by atoms with van der Waals surface area (Å²) in [5.74, 6) is 0.301. The quantitative estimate of drug-likeness (QED) is 0.0636. The number of ether oxygens (including phenoxy) is 2. The molecule has 0 saturated carbocycles. The highest BCUT2D eigenvalue weighted by atomic mass is 32.2. The highest BCUT2D eigenvalue weighted by Gasteiger charge is 2.35. The predicted octanol–water partition coefficient (Wildman–Crippen LogP) is 10.2. The van der Waals surface area contributed by atoms with Crippen LogP contribution in [0.4, 0.5) is 65.7 Å². The number of pyridine rings is 4. The molecular formula is C69H86F2N14O7S. The van der Waals surface area contributed by atoms with Gasteiger partial charge in [0.05, 0.1) is 45.6 Å². The number of morpholine rings is 1. The van der Waals surface area contributed by atoms with Crippen LogP contribution in [0.2, 0.25) is 0 Å². The number of para-hydroxylation sites is 1. The first kappa shape index (κ1) is 68.0. The summed E-state index contributed by atoms with van der Waals surface area (Å²) in [5.41, 5.74) is 11.5. The van der Waals surface area contributed by atoms with Gasteiger partial charge in [-0.15, -0.1) is 0 Å². The van der Waals surface area contributed by atoms with E-state index in [0.29, 0.717) is 11.4 Å². The SMILES string of the molecule is CCN(C)c1cc2ccc(NC)cc2[nH]c1=O.CNc1ccc2cc(N3CC(C)OC(C)C3)c(=O)[nH]c2c1.CNc1ccc2cc(N3CCC(F)(F)CC3)c(=O)n(C)c2c1.CNc1ccc2cc(N3CCSCC3)c(=O)[nH]c2c1.CNc1cccc2c1OCC(=O)N2C. The number of thioether (sulfide) groups is 1. The van der Waals surface area contributed by atoms with Crippen molar-refractivity contribution in [1.29, 1.82) is 0 Å². The maximum atomic E-state index is 13.3. The molecule has 9 aromatic rings. The zero-order valence-electron chi connectivity index (χ0n) is 54.8. The molecule has 13 rings (SSSR count). The smallest absolute Gasteiger partial charge is 0.274 e. The van der Waals surface area contributed by atoms with Crippen molar-refractivity contribution < 1.29 is 23.0 Å². The van der Waals surface area contributed by atoms with Crippen LogP contribution in [0.25, 0.3) is 43.6 Å². The molecule has 3 fully saturated rings. The number of likely N-dealkylation sites (N-methyl/N-ethyl adjacent to an activating group) is 1. The monoisotopic (exact) mass is 1290 g/mol. The van der Waals surface area contributed by atoms with Crippen LogP contribution < -0.4 is 78.1 Å². The number of amides is 1. The molecule has 0 aliphatic carbocycles. The summed E-state index contributed by atoms with van der Waals surface area (Å²) in [7, 11) is 14.6. The van der Waals surface area contributed by atoms with E-state index in [1.165, 1.54) is 0 Å². The van der Waals surface area contributed by atoms with E-state index in [1.54, 1.807) is 34.5 Å². The number of benzene rings is 5. The van der Waals surface area contributed by atoms with Crippen LogP contribution >= 0.6 is 11.8 Å². The van der Waals surface area contributed by atoms with Crippen LogP contribution in [0.1, 0.15) is 33.6 Å². The second-order valence-corrected chi connectivity index (χ2v) is 24.5. The molecule has 4 aliphatic heterocycles. The molecule has 93 heavy (non-hydrogen) atoms. The molecule has 3 saturated heterocycles. The molecule has 24 heteroatoms. The van der Waals surface area contributed by atoms with Gasteiger partial charge in [-0.25, -0.2) is 8.78 Å². The van der Waals surface area contributed by atoms with E-state index < -0.39 is 5.92 Å². The number of hydrogen-bond acceptors (Lipinski definition) is 17. The Morgan fingerprint density at radius 3 is 1.56 bits per heavy atom. The molecule has 5 aromatic carbocycles. The number of carbonyl (C=O) groups is 1. The average molecular weight is 1290 g/mol. The second kappa shape index (κ2) is 30.3. The van der Waals surface area contributed by atoms with Crippen molar-refractivity contribution in [2.75, 3.05) is 164 Å². The highest BCUT2D eigenvalue weighted by Crippen LogP contribution is 2.38. The molecule has 1 amide bonds. The summed E-state index contributed by atoms with van der Waals surface area (Å²) in [6.45, 7) is 10.8. The summed E-state index contributed by atoms with van der Waals surface area (Å²) in [5, 5.41) is 19.4. The molecule has 2 unspecified atom stereocenters. The van der Waals surface area contributed by atoms with Gasteiger partial charge in [-0.2, -0.15) is 11.8 Å². The Morgan fingerprint density at radius 2 is 1.04 bits per heavy atom. The molecule has 0 spiro atoms. The zero-order valence-corrected chi connectivity index (χ0v) is 55.6. The van der Waals surface area contributed by atoms with Crippen LogP contribution in [-0.2, 0) is 16.6 Å². The summed E-state index contributed by atoms with van der Waals surface area (Å²) < 4.78 is 39.3. The van der Waals surface area contributed by atoms with Gasteiger partial charge in [0.2, 0.25) is 0 Å². The largest absolute Gasteiger partial charge is 0.479 e. The highest BCUT2D eigenvalue weighted by molar-refractivity contribution is 7.99. The van der Waals surface area contributed by atoms with Gasteiger partial charge in [-0.3, -0.25) is 24.0 Å². The van der Waals surface area contributed by atoms with Crippen molar-refractivity contribution in [3.8, 4) is 5.75 Å². The molecule has 0 bridgehead atoms. The molecule has 4 aliphatic rings. The van der Waals surface area contributed by atoms with Crippen LogP contribution in [-0.4, -0.2) is 157 Å². The molecule has 0 radical (unpaired) electrons. The minimum atomic E-state index is -2.61. The van der Waals surface area contributed by atoms with Gasteiger partial charge >= 0.3 is 0 Å². The molecule has 4 aromatic heterocycles. The Hall–Kier alpha value is -9.42. The van der Waals surface area contributed by atoms with Gasteiger partial charge < -0.3 is 80.1 Å². The Balaban J connectivity index is 0.000000138. The number of hydrogen-bond donors (Lipinski definition) is 8. The van der Waals surface area contributed by atoms with Gasteiger partial charge in [0.25, 0.3) is 34.1 Å². The summed E-state index contributed by atoms with van der Waals surface area (Å²) in [4.78, 5) is 78.9. The number of fused-ring (bicyclic) bond motifs is 5. The fraction of sp³-hybridized carbons (Fsp3) is 0.377. The van der Waals surface area contributed by atoms with Crippen LogP contribution in [0.15, 0.2) is 134 Å². The lowest BCUT2D eigenvalue weighted by atomic mass is 10.1. The molecular weight excluding hydrogens is 1210 g/mol. The number of aromatic nitrogens is 4. The van der Waals surface area contributed by atoms with E-state index in [-0.39, 0.29) is 72.9 Å². The third-order valence-electron chi connectivity index (χ3n) is 17.0. The number of aryl methyl sites for hydroxylation is 1. The van der Waals surface area contributed by atoms with Gasteiger partial charge in [0.1, 0.15) is 22.7 Å². The summed E-state index contributed by atoms with van der Waals surface area (Å²) in [6, 6.07) is 37.1. The van der Waals surface area contributed by atoms with Crippen molar-refractivity contribution in [1.82, 2.24) is 19.5 Å². The number of piperidine rings is 1. The van der Waals surface area contributed by atoms with E-state index >= 15 is 0 Å². The molecule has 8 heterocycles. The fourth-order valence-electron chi connectivity index (χ4n) is 11.5. The zero-order chi connectivity index (χ0) is 66.7. The van der Waals surface area contributed by atoms with E-state index in [1.807, 2.05) is 189 Å². The third-order valence-corrected chi connectivity index (χ3v) is 18.0. The number of nitrogens with one attached hydrogen (secondary N) is 8. The normalized spacial score (nSPS) is 16.6. The number of halogens is 2. The Bertz CT molecular complexity index is 4340. The maximum absolute atomic E-state index is 13.3. The molecule has 8 N–H and O–H groups in total. The lowest BCUT2D eigenvalue weighted by molar-refractivity contribution is -0.120. The van der Waals surface area contributed by atoms with Gasteiger partial charge in [-0.05, 0) is 106 Å². The first-order chi connectivity index (χ1) is 44.6. The fourth-order valence-corrected chi connectivity index (χ4v) is 12.4. The Kier molecular flexibility index (Phi) is 22.2. The summed E-state index contributed by atoms with van der Waals surface area (Å²) in [6.07, 6.45) is -0.134. The summed E-state index contributed by atoms with van der Waals surface area (Å²) >= 11 is 1.95. The number of anilines is 10. The topological polar surface area (TPSA) is 232 Å². The van der Waals surface area contributed by atoms with Gasteiger partial charge in [0.15, 0.2) is 12.4 Å². The molecule has 21 nitrogen and oxygen atoms in total. The average Bonchev–Trinajstić information content (AvgIpc) is 0.816. The van der Waals surface area contributed by atoms with Crippen molar-refractivity contribution >= 4 is 118 Å². The Morgan fingerprint density at radius 1 is 0.570 bits per heavy atom.